The summed E-state index contributed by atoms with van der Waals surface area (Å²) in [7, 11) is 0. The lowest BCUT2D eigenvalue weighted by molar-refractivity contribution is 0.156. The Balaban J connectivity index is 1.42. The quantitative estimate of drug-likeness (QED) is 0.266. The van der Waals surface area contributed by atoms with E-state index in [2.05, 4.69) is 85.2 Å². The van der Waals surface area contributed by atoms with Gasteiger partial charge in [-0.15, -0.1) is 0 Å². The van der Waals surface area contributed by atoms with Gasteiger partial charge in [0.05, 0.1) is 17.1 Å². The number of allylic oxidation sites excluding steroid dienone is 5. The predicted molar refractivity (Wildman–Crippen MR) is 169 cm³/mol. The van der Waals surface area contributed by atoms with Crippen LogP contribution in [0.1, 0.15) is 93.0 Å². The van der Waals surface area contributed by atoms with Crippen LogP contribution in [-0.2, 0) is 0 Å². The minimum atomic E-state index is 0.200. The second kappa shape index (κ2) is 13.5. The van der Waals surface area contributed by atoms with Gasteiger partial charge in [-0.1, -0.05) is 36.3 Å². The number of nitrogens with one attached hydrogen (secondary N) is 1. The summed E-state index contributed by atoms with van der Waals surface area (Å²) >= 11 is 0. The minimum Gasteiger partial charge on any atom is -0.372 e. The molecule has 226 valence electrons. The van der Waals surface area contributed by atoms with Crippen LogP contribution in [0.15, 0.2) is 39.0 Å². The maximum Gasteiger partial charge on any atom is 0.162 e. The van der Waals surface area contributed by atoms with Crippen LogP contribution in [0.5, 0.6) is 0 Å². The fourth-order valence-electron chi connectivity index (χ4n) is 5.39. The fraction of sp³-hybridized carbons (Fsp3) is 0.515. The predicted octanol–water partition coefficient (Wildman–Crippen LogP) is 6.69. The first-order valence-electron chi connectivity index (χ1n) is 15.0. The summed E-state index contributed by atoms with van der Waals surface area (Å²) in [4.78, 5) is 15.0. The van der Waals surface area contributed by atoms with Crippen molar-refractivity contribution in [2.24, 2.45) is 0 Å². The van der Waals surface area contributed by atoms with Crippen molar-refractivity contribution < 1.29 is 9.05 Å². The summed E-state index contributed by atoms with van der Waals surface area (Å²) in [6.07, 6.45) is 6.39. The zero-order chi connectivity index (χ0) is 30.6. The molecular formula is C33H47N7O2. The number of hydrogen-bond acceptors (Lipinski definition) is 9. The Kier molecular flexibility index (Phi) is 10.0. The molecule has 0 bridgehead atoms. The van der Waals surface area contributed by atoms with Gasteiger partial charge < -0.3 is 19.3 Å². The van der Waals surface area contributed by atoms with Gasteiger partial charge in [0.2, 0.25) is 0 Å². The average Bonchev–Trinajstić information content (AvgIpc) is 3.54. The molecule has 4 heterocycles. The summed E-state index contributed by atoms with van der Waals surface area (Å²) in [5, 5.41) is 11.9. The highest BCUT2D eigenvalue weighted by atomic mass is 16.5. The number of aromatic nitrogens is 4. The van der Waals surface area contributed by atoms with E-state index in [0.29, 0.717) is 0 Å². The van der Waals surface area contributed by atoms with E-state index < -0.39 is 0 Å². The molecule has 3 aromatic rings. The molecule has 9 nitrogen and oxygen atoms in total. The standard InChI is InChI=1S/C33H47N7O2/c1-11-28(30-26(9)38-41-27(30)10)31-25(8)33(36-32(35-31)20(2)3)34-23(6)19-39-14-16-40(17-15-39)24(7)13-12-21(4)29-18-22(5)37-42-29/h11-13,18,20,23H,14-17,19H2,1-10H3,(H,34,35,36)/b21-12+,24-13+,28-11-. The molecule has 1 atom stereocenters. The van der Waals surface area contributed by atoms with Gasteiger partial charge in [-0.2, -0.15) is 0 Å². The lowest BCUT2D eigenvalue weighted by Gasteiger charge is -2.37. The second-order valence-corrected chi connectivity index (χ2v) is 11.8. The molecular weight excluding hydrogens is 526 g/mol. The third-order valence-corrected chi connectivity index (χ3v) is 7.90. The van der Waals surface area contributed by atoms with Gasteiger partial charge in [0.1, 0.15) is 17.4 Å². The van der Waals surface area contributed by atoms with Crippen LogP contribution in [0.25, 0.3) is 11.1 Å². The lowest BCUT2D eigenvalue weighted by Crippen LogP contribution is -2.48. The summed E-state index contributed by atoms with van der Waals surface area (Å²) in [6.45, 7) is 25.7. The Morgan fingerprint density at radius 1 is 0.976 bits per heavy atom. The highest BCUT2D eigenvalue weighted by molar-refractivity contribution is 5.82. The third-order valence-electron chi connectivity index (χ3n) is 7.90. The normalized spacial score (nSPS) is 16.5. The fourth-order valence-corrected chi connectivity index (χ4v) is 5.39. The van der Waals surface area contributed by atoms with Crippen LogP contribution in [0.4, 0.5) is 5.82 Å². The van der Waals surface area contributed by atoms with E-state index in [1.54, 1.807) is 0 Å². The number of hydrogen-bond donors (Lipinski definition) is 1. The number of piperazine rings is 1. The van der Waals surface area contributed by atoms with Gasteiger partial charge in [0.25, 0.3) is 0 Å². The zero-order valence-corrected chi connectivity index (χ0v) is 27.0. The molecule has 0 radical (unpaired) electrons. The third kappa shape index (κ3) is 7.18. The molecule has 42 heavy (non-hydrogen) atoms. The zero-order valence-electron chi connectivity index (χ0n) is 27.0. The number of anilines is 1. The van der Waals surface area contributed by atoms with Crippen molar-refractivity contribution in [2.45, 2.75) is 81.2 Å². The van der Waals surface area contributed by atoms with Crippen LogP contribution in [-0.4, -0.2) is 68.8 Å². The maximum absolute atomic E-state index is 5.49. The molecule has 1 unspecified atom stereocenters. The van der Waals surface area contributed by atoms with Crippen molar-refractivity contribution in [3.63, 3.8) is 0 Å². The summed E-state index contributed by atoms with van der Waals surface area (Å²) in [5.41, 5.74) is 8.11. The van der Waals surface area contributed by atoms with Crippen molar-refractivity contribution >= 4 is 17.0 Å². The van der Waals surface area contributed by atoms with E-state index in [1.807, 2.05) is 33.8 Å². The molecule has 0 amide bonds. The van der Waals surface area contributed by atoms with Gasteiger partial charge in [0, 0.05) is 73.1 Å². The summed E-state index contributed by atoms with van der Waals surface area (Å²) in [6, 6.07) is 2.19. The number of aryl methyl sites for hydroxylation is 3. The van der Waals surface area contributed by atoms with Gasteiger partial charge in [-0.3, -0.25) is 4.90 Å². The van der Waals surface area contributed by atoms with E-state index in [1.165, 1.54) is 5.70 Å². The first-order valence-corrected chi connectivity index (χ1v) is 15.0. The molecule has 1 aliphatic rings. The highest BCUT2D eigenvalue weighted by Gasteiger charge is 2.23. The number of nitrogens with zero attached hydrogens (tertiary/aromatic N) is 6. The van der Waals surface area contributed by atoms with Gasteiger partial charge in [-0.05, 0) is 67.0 Å². The molecule has 0 saturated carbocycles. The molecule has 0 aromatic carbocycles. The smallest absolute Gasteiger partial charge is 0.162 e. The Labute approximate surface area is 250 Å². The molecule has 0 aliphatic carbocycles. The maximum atomic E-state index is 5.49. The van der Waals surface area contributed by atoms with Crippen LogP contribution < -0.4 is 5.32 Å². The van der Waals surface area contributed by atoms with E-state index in [4.69, 9.17) is 19.0 Å². The molecule has 4 rings (SSSR count). The number of rotatable bonds is 10. The van der Waals surface area contributed by atoms with Gasteiger partial charge in [0.15, 0.2) is 5.76 Å². The second-order valence-electron chi connectivity index (χ2n) is 11.8. The molecule has 1 N–H and O–H groups in total. The van der Waals surface area contributed by atoms with E-state index in [9.17, 15) is 0 Å². The molecule has 0 spiro atoms. The van der Waals surface area contributed by atoms with E-state index in [0.717, 1.165) is 95.2 Å². The monoisotopic (exact) mass is 573 g/mol. The highest BCUT2D eigenvalue weighted by Crippen LogP contribution is 2.33. The lowest BCUT2D eigenvalue weighted by atomic mass is 9.97. The first-order chi connectivity index (χ1) is 20.0. The van der Waals surface area contributed by atoms with Crippen molar-refractivity contribution in [1.29, 1.82) is 0 Å². The Morgan fingerprint density at radius 2 is 1.69 bits per heavy atom. The van der Waals surface area contributed by atoms with Crippen LogP contribution >= 0.6 is 0 Å². The van der Waals surface area contributed by atoms with Gasteiger partial charge >= 0.3 is 0 Å². The SMILES string of the molecule is C/C=C(\c1nc(C(C)C)nc(NC(C)CN2CCN(/C(C)=C/C=C(\C)c3cc(C)no3)CC2)c1C)c1c(C)noc1C. The van der Waals surface area contributed by atoms with Crippen molar-refractivity contribution in [2.75, 3.05) is 38.0 Å². The van der Waals surface area contributed by atoms with E-state index >= 15 is 0 Å². The molecule has 3 aromatic heterocycles. The van der Waals surface area contributed by atoms with Crippen molar-refractivity contribution in [3.8, 4) is 0 Å². The molecule has 1 aliphatic heterocycles. The molecule has 1 saturated heterocycles. The van der Waals surface area contributed by atoms with Crippen LogP contribution in [0.3, 0.4) is 0 Å². The Hall–Kier alpha value is -3.72. The Bertz CT molecular complexity index is 1450. The van der Waals surface area contributed by atoms with Gasteiger partial charge in [-0.25, -0.2) is 9.97 Å². The van der Waals surface area contributed by atoms with Crippen LogP contribution in [0, 0.1) is 27.7 Å². The Morgan fingerprint density at radius 3 is 2.26 bits per heavy atom. The summed E-state index contributed by atoms with van der Waals surface area (Å²) in [5.74, 6) is 3.54. The minimum absolute atomic E-state index is 0.200. The van der Waals surface area contributed by atoms with Crippen molar-refractivity contribution in [1.82, 2.24) is 30.1 Å². The van der Waals surface area contributed by atoms with Crippen LogP contribution in [0.2, 0.25) is 0 Å². The molecule has 9 heteroatoms. The summed E-state index contributed by atoms with van der Waals surface area (Å²) < 4.78 is 10.9. The first kappa shape index (κ1) is 31.2. The van der Waals surface area contributed by atoms with E-state index in [-0.39, 0.29) is 12.0 Å². The average molecular weight is 574 g/mol. The largest absolute Gasteiger partial charge is 0.372 e. The topological polar surface area (TPSA) is 96.4 Å². The molecule has 1 fully saturated rings. The van der Waals surface area contributed by atoms with Crippen molar-refractivity contribution in [3.05, 3.63) is 75.5 Å².